The largest absolute Gasteiger partial charge is 0.396 e. The molecule has 0 aromatic carbocycles. The van der Waals surface area contributed by atoms with Crippen LogP contribution in [0.5, 0.6) is 0 Å². The van der Waals surface area contributed by atoms with Gasteiger partial charge < -0.3 is 5.73 Å². The molecule has 2 N–H and O–H groups in total. The van der Waals surface area contributed by atoms with E-state index < -0.39 is 0 Å². The number of nitrogens with two attached hydrogens (primary N) is 1. The minimum Gasteiger partial charge on any atom is -0.396 e. The van der Waals surface area contributed by atoms with Crippen molar-refractivity contribution in [1.82, 2.24) is 9.78 Å². The summed E-state index contributed by atoms with van der Waals surface area (Å²) in [5, 5.41) is 4.29. The van der Waals surface area contributed by atoms with E-state index in [1.807, 2.05) is 10.9 Å². The summed E-state index contributed by atoms with van der Waals surface area (Å²) in [6.45, 7) is 1.04. The quantitative estimate of drug-likeness (QED) is 0.900. The van der Waals surface area contributed by atoms with Gasteiger partial charge in [-0.15, -0.1) is 0 Å². The van der Waals surface area contributed by atoms with E-state index in [0.29, 0.717) is 5.41 Å². The molecule has 1 heterocycles. The SMILES string of the molecule is Nc1cnn(CCCC23CC4CC(CC(C4)C2)C3)c1. The van der Waals surface area contributed by atoms with E-state index in [1.54, 1.807) is 25.5 Å². The molecule has 4 aliphatic rings. The van der Waals surface area contributed by atoms with Crippen LogP contribution < -0.4 is 5.73 Å². The van der Waals surface area contributed by atoms with Crippen LogP contribution in [0.2, 0.25) is 0 Å². The molecule has 0 atom stereocenters. The fourth-order valence-corrected chi connectivity index (χ4v) is 5.71. The highest BCUT2D eigenvalue weighted by Crippen LogP contribution is 2.61. The van der Waals surface area contributed by atoms with Crippen molar-refractivity contribution in [3.05, 3.63) is 12.4 Å². The highest BCUT2D eigenvalue weighted by atomic mass is 15.3. The van der Waals surface area contributed by atoms with Crippen molar-refractivity contribution in [3.63, 3.8) is 0 Å². The molecule has 0 unspecified atom stereocenters. The van der Waals surface area contributed by atoms with E-state index in [0.717, 1.165) is 30.0 Å². The van der Waals surface area contributed by atoms with Gasteiger partial charge in [0.2, 0.25) is 0 Å². The molecule has 4 saturated carbocycles. The summed E-state index contributed by atoms with van der Waals surface area (Å²) in [6.07, 6.45) is 15.6. The molecule has 1 aromatic heterocycles. The molecule has 4 fully saturated rings. The second-order valence-corrected chi connectivity index (χ2v) is 7.56. The monoisotopic (exact) mass is 259 g/mol. The maximum atomic E-state index is 5.71. The van der Waals surface area contributed by atoms with Crippen LogP contribution in [0.15, 0.2) is 12.4 Å². The van der Waals surface area contributed by atoms with E-state index in [-0.39, 0.29) is 0 Å². The Morgan fingerprint density at radius 1 is 1.16 bits per heavy atom. The molecule has 1 aromatic rings. The van der Waals surface area contributed by atoms with Crippen LogP contribution in [0, 0.1) is 23.2 Å². The van der Waals surface area contributed by atoms with Gasteiger partial charge in [-0.25, -0.2) is 0 Å². The molecule has 19 heavy (non-hydrogen) atoms. The van der Waals surface area contributed by atoms with Gasteiger partial charge >= 0.3 is 0 Å². The van der Waals surface area contributed by atoms with Crippen molar-refractivity contribution in [1.29, 1.82) is 0 Å². The van der Waals surface area contributed by atoms with Gasteiger partial charge in [0.15, 0.2) is 0 Å². The second kappa shape index (κ2) is 4.26. The first-order valence-electron chi connectivity index (χ1n) is 7.99. The van der Waals surface area contributed by atoms with Gasteiger partial charge in [0.1, 0.15) is 0 Å². The molecule has 4 aliphatic carbocycles. The van der Waals surface area contributed by atoms with Crippen molar-refractivity contribution >= 4 is 5.69 Å². The molecule has 3 heteroatoms. The van der Waals surface area contributed by atoms with Gasteiger partial charge in [0.05, 0.1) is 11.9 Å². The predicted octanol–water partition coefficient (Wildman–Crippen LogP) is 3.46. The molecular formula is C16H25N3. The number of nitrogens with zero attached hydrogens (tertiary/aromatic N) is 2. The smallest absolute Gasteiger partial charge is 0.0719 e. The lowest BCUT2D eigenvalue weighted by molar-refractivity contribution is -0.0586. The molecule has 0 radical (unpaired) electrons. The third kappa shape index (κ3) is 2.17. The summed E-state index contributed by atoms with van der Waals surface area (Å²) in [5.74, 6) is 3.23. The number of anilines is 1. The molecule has 0 saturated heterocycles. The van der Waals surface area contributed by atoms with E-state index in [4.69, 9.17) is 5.73 Å². The first-order valence-corrected chi connectivity index (χ1v) is 7.99. The van der Waals surface area contributed by atoms with Gasteiger partial charge in [-0.3, -0.25) is 4.68 Å². The van der Waals surface area contributed by atoms with Gasteiger partial charge in [0, 0.05) is 12.7 Å². The van der Waals surface area contributed by atoms with Crippen molar-refractivity contribution in [2.75, 3.05) is 5.73 Å². The van der Waals surface area contributed by atoms with E-state index in [2.05, 4.69) is 5.10 Å². The van der Waals surface area contributed by atoms with Gasteiger partial charge in [-0.1, -0.05) is 0 Å². The number of hydrogen-bond donors (Lipinski definition) is 1. The Kier molecular flexibility index (Phi) is 2.64. The number of hydrogen-bond acceptors (Lipinski definition) is 2. The fourth-order valence-electron chi connectivity index (χ4n) is 5.71. The third-order valence-corrected chi connectivity index (χ3v) is 5.91. The third-order valence-electron chi connectivity index (χ3n) is 5.91. The second-order valence-electron chi connectivity index (χ2n) is 7.56. The minimum atomic E-state index is 0.716. The van der Waals surface area contributed by atoms with Crippen LogP contribution in [-0.4, -0.2) is 9.78 Å². The Labute approximate surface area is 115 Å². The maximum Gasteiger partial charge on any atom is 0.0719 e. The topological polar surface area (TPSA) is 43.8 Å². The highest BCUT2D eigenvalue weighted by Gasteiger charge is 2.50. The Hall–Kier alpha value is -0.990. The minimum absolute atomic E-state index is 0.716. The number of aromatic nitrogens is 2. The lowest BCUT2D eigenvalue weighted by Gasteiger charge is -2.57. The zero-order valence-electron chi connectivity index (χ0n) is 11.7. The van der Waals surface area contributed by atoms with E-state index in [9.17, 15) is 0 Å². The lowest BCUT2D eigenvalue weighted by Crippen LogP contribution is -2.46. The molecule has 4 bridgehead atoms. The summed E-state index contributed by atoms with van der Waals surface area (Å²) in [5.41, 5.74) is 7.22. The molecule has 104 valence electrons. The van der Waals surface area contributed by atoms with Crippen molar-refractivity contribution in [3.8, 4) is 0 Å². The zero-order valence-corrected chi connectivity index (χ0v) is 11.7. The molecule has 0 spiro atoms. The summed E-state index contributed by atoms with van der Waals surface area (Å²) >= 11 is 0. The van der Waals surface area contributed by atoms with Gasteiger partial charge in [-0.2, -0.15) is 5.10 Å². The van der Waals surface area contributed by atoms with Crippen LogP contribution >= 0.6 is 0 Å². The van der Waals surface area contributed by atoms with Crippen LogP contribution in [-0.2, 0) is 6.54 Å². The summed E-state index contributed by atoms with van der Waals surface area (Å²) in [4.78, 5) is 0. The Balaban J connectivity index is 1.37. The van der Waals surface area contributed by atoms with Crippen molar-refractivity contribution < 1.29 is 0 Å². The molecular weight excluding hydrogens is 234 g/mol. The van der Waals surface area contributed by atoms with Crippen molar-refractivity contribution in [2.45, 2.75) is 57.9 Å². The predicted molar refractivity (Wildman–Crippen MR) is 76.5 cm³/mol. The van der Waals surface area contributed by atoms with Crippen LogP contribution in [0.3, 0.4) is 0 Å². The summed E-state index contributed by atoms with van der Waals surface area (Å²) < 4.78 is 2.01. The van der Waals surface area contributed by atoms with E-state index in [1.165, 1.54) is 32.1 Å². The Morgan fingerprint density at radius 3 is 2.32 bits per heavy atom. The van der Waals surface area contributed by atoms with Gasteiger partial charge in [-0.05, 0) is 74.5 Å². The summed E-state index contributed by atoms with van der Waals surface area (Å²) in [7, 11) is 0. The van der Waals surface area contributed by atoms with Crippen LogP contribution in [0.4, 0.5) is 5.69 Å². The molecule has 5 rings (SSSR count). The molecule has 0 aliphatic heterocycles. The standard InChI is InChI=1S/C16H25N3/c17-15-10-18-19(11-15)3-1-2-16-7-12-4-13(8-16)6-14(5-12)9-16/h10-14H,1-9,17H2. The molecule has 3 nitrogen and oxygen atoms in total. The van der Waals surface area contributed by atoms with Crippen LogP contribution in [0.1, 0.15) is 51.4 Å². The van der Waals surface area contributed by atoms with Gasteiger partial charge in [0.25, 0.3) is 0 Å². The van der Waals surface area contributed by atoms with E-state index >= 15 is 0 Å². The first-order chi connectivity index (χ1) is 9.21. The summed E-state index contributed by atoms with van der Waals surface area (Å²) in [6, 6.07) is 0. The normalized spacial score (nSPS) is 39.9. The Morgan fingerprint density at radius 2 is 1.79 bits per heavy atom. The lowest BCUT2D eigenvalue weighted by atomic mass is 9.48. The average molecular weight is 259 g/mol. The number of nitrogen functional groups attached to an aromatic ring is 1. The fraction of sp³-hybridized carbons (Fsp3) is 0.812. The average Bonchev–Trinajstić information content (AvgIpc) is 2.73. The number of aryl methyl sites for hydroxylation is 1. The van der Waals surface area contributed by atoms with Crippen molar-refractivity contribution in [2.24, 2.45) is 23.2 Å². The maximum absolute atomic E-state index is 5.71. The molecule has 0 amide bonds. The number of rotatable bonds is 4. The Bertz CT molecular complexity index is 427. The van der Waals surface area contributed by atoms with Crippen LogP contribution in [0.25, 0.3) is 0 Å². The highest BCUT2D eigenvalue weighted by molar-refractivity contribution is 5.30. The first kappa shape index (κ1) is 11.8. The zero-order chi connectivity index (χ0) is 12.9.